The lowest BCUT2D eigenvalue weighted by Gasteiger charge is -2.06. The summed E-state index contributed by atoms with van der Waals surface area (Å²) in [5.41, 5.74) is 0.944. The summed E-state index contributed by atoms with van der Waals surface area (Å²) in [6.07, 6.45) is 0. The maximum absolute atomic E-state index is 3.94. The van der Waals surface area contributed by atoms with Crippen molar-refractivity contribution in [2.24, 2.45) is 0 Å². The molecule has 1 aromatic carbocycles. The Labute approximate surface area is 93.7 Å². The SMILES string of the molecule is CNCCNc1nnnn1-c1ccccc1. The third-order valence-electron chi connectivity index (χ3n) is 2.13. The van der Waals surface area contributed by atoms with Gasteiger partial charge < -0.3 is 10.6 Å². The van der Waals surface area contributed by atoms with Crippen LogP contribution in [-0.2, 0) is 0 Å². The molecule has 0 fully saturated rings. The first kappa shape index (κ1) is 10.6. The van der Waals surface area contributed by atoms with E-state index in [1.165, 1.54) is 0 Å². The van der Waals surface area contributed by atoms with Gasteiger partial charge in [0, 0.05) is 13.1 Å². The number of hydrogen-bond acceptors (Lipinski definition) is 5. The zero-order chi connectivity index (χ0) is 11.2. The molecule has 2 aromatic rings. The van der Waals surface area contributed by atoms with Crippen LogP contribution in [0.1, 0.15) is 0 Å². The van der Waals surface area contributed by atoms with E-state index in [4.69, 9.17) is 0 Å². The molecule has 2 rings (SSSR count). The van der Waals surface area contributed by atoms with Crippen molar-refractivity contribution in [1.82, 2.24) is 25.5 Å². The summed E-state index contributed by atoms with van der Waals surface area (Å²) in [6.45, 7) is 1.64. The highest BCUT2D eigenvalue weighted by atomic mass is 15.6. The topological polar surface area (TPSA) is 67.7 Å². The van der Waals surface area contributed by atoms with E-state index in [1.807, 2.05) is 37.4 Å². The summed E-state index contributed by atoms with van der Waals surface area (Å²) in [5.74, 6) is 0.654. The van der Waals surface area contributed by atoms with Crippen LogP contribution in [0.25, 0.3) is 5.69 Å². The number of para-hydroxylation sites is 1. The minimum atomic E-state index is 0.654. The highest BCUT2D eigenvalue weighted by Gasteiger charge is 2.05. The van der Waals surface area contributed by atoms with Gasteiger partial charge in [0.25, 0.3) is 0 Å². The Bertz CT molecular complexity index is 424. The van der Waals surface area contributed by atoms with Gasteiger partial charge in [0.05, 0.1) is 5.69 Å². The molecular weight excluding hydrogens is 204 g/mol. The van der Waals surface area contributed by atoms with Gasteiger partial charge in [-0.05, 0) is 29.6 Å². The van der Waals surface area contributed by atoms with Crippen molar-refractivity contribution in [2.45, 2.75) is 0 Å². The summed E-state index contributed by atoms with van der Waals surface area (Å²) in [6, 6.07) is 9.78. The average molecular weight is 218 g/mol. The number of likely N-dealkylation sites (N-methyl/N-ethyl adjacent to an activating group) is 1. The van der Waals surface area contributed by atoms with Crippen molar-refractivity contribution in [2.75, 3.05) is 25.5 Å². The normalized spacial score (nSPS) is 10.3. The Balaban J connectivity index is 2.13. The van der Waals surface area contributed by atoms with Gasteiger partial charge in [-0.3, -0.25) is 0 Å². The molecular formula is C10H14N6. The Morgan fingerprint density at radius 1 is 1.19 bits per heavy atom. The molecule has 0 unspecified atom stereocenters. The van der Waals surface area contributed by atoms with Crippen LogP contribution in [0.2, 0.25) is 0 Å². The van der Waals surface area contributed by atoms with Crippen LogP contribution in [0.15, 0.2) is 30.3 Å². The molecule has 0 atom stereocenters. The monoisotopic (exact) mass is 218 g/mol. The summed E-state index contributed by atoms with van der Waals surface area (Å²) in [4.78, 5) is 0. The number of nitrogens with zero attached hydrogens (tertiary/aromatic N) is 4. The third-order valence-corrected chi connectivity index (χ3v) is 2.13. The molecule has 16 heavy (non-hydrogen) atoms. The maximum atomic E-state index is 3.94. The minimum Gasteiger partial charge on any atom is -0.351 e. The second kappa shape index (κ2) is 5.22. The maximum Gasteiger partial charge on any atom is 0.247 e. The van der Waals surface area contributed by atoms with Crippen molar-refractivity contribution in [3.05, 3.63) is 30.3 Å². The summed E-state index contributed by atoms with van der Waals surface area (Å²) in [7, 11) is 1.90. The minimum absolute atomic E-state index is 0.654. The number of rotatable bonds is 5. The fraction of sp³-hybridized carbons (Fsp3) is 0.300. The molecule has 6 nitrogen and oxygen atoms in total. The largest absolute Gasteiger partial charge is 0.351 e. The van der Waals surface area contributed by atoms with Crippen LogP contribution >= 0.6 is 0 Å². The van der Waals surface area contributed by atoms with E-state index < -0.39 is 0 Å². The molecule has 0 saturated carbocycles. The number of benzene rings is 1. The molecule has 0 bridgehead atoms. The van der Waals surface area contributed by atoms with E-state index in [-0.39, 0.29) is 0 Å². The first-order valence-corrected chi connectivity index (χ1v) is 5.14. The Hall–Kier alpha value is -1.95. The van der Waals surface area contributed by atoms with E-state index >= 15 is 0 Å². The Morgan fingerprint density at radius 2 is 2.00 bits per heavy atom. The van der Waals surface area contributed by atoms with Crippen LogP contribution < -0.4 is 10.6 Å². The lowest BCUT2D eigenvalue weighted by molar-refractivity contribution is 0.782. The zero-order valence-corrected chi connectivity index (χ0v) is 9.09. The number of nitrogens with one attached hydrogen (secondary N) is 2. The molecule has 0 aliphatic carbocycles. The van der Waals surface area contributed by atoms with Gasteiger partial charge in [-0.15, -0.1) is 0 Å². The third kappa shape index (κ3) is 2.34. The van der Waals surface area contributed by atoms with Crippen LogP contribution in [0.3, 0.4) is 0 Å². The van der Waals surface area contributed by atoms with Crippen molar-refractivity contribution < 1.29 is 0 Å². The number of tetrazole rings is 1. The van der Waals surface area contributed by atoms with E-state index in [1.54, 1.807) is 4.68 Å². The van der Waals surface area contributed by atoms with Crippen LogP contribution in [0, 0.1) is 0 Å². The molecule has 2 N–H and O–H groups in total. The summed E-state index contributed by atoms with van der Waals surface area (Å²) < 4.78 is 1.68. The fourth-order valence-corrected chi connectivity index (χ4v) is 1.34. The van der Waals surface area contributed by atoms with Gasteiger partial charge in [-0.2, -0.15) is 4.68 Å². The van der Waals surface area contributed by atoms with E-state index in [2.05, 4.69) is 26.2 Å². The van der Waals surface area contributed by atoms with Gasteiger partial charge in [0.15, 0.2) is 0 Å². The second-order valence-electron chi connectivity index (χ2n) is 3.28. The molecule has 84 valence electrons. The Kier molecular flexibility index (Phi) is 3.45. The predicted octanol–water partition coefficient (Wildman–Crippen LogP) is 0.294. The van der Waals surface area contributed by atoms with Crippen molar-refractivity contribution in [3.63, 3.8) is 0 Å². The zero-order valence-electron chi connectivity index (χ0n) is 9.09. The van der Waals surface area contributed by atoms with Crippen LogP contribution in [-0.4, -0.2) is 40.3 Å². The van der Waals surface area contributed by atoms with Crippen LogP contribution in [0.5, 0.6) is 0 Å². The Morgan fingerprint density at radius 3 is 2.75 bits per heavy atom. The summed E-state index contributed by atoms with van der Waals surface area (Å²) >= 11 is 0. The van der Waals surface area contributed by atoms with E-state index in [9.17, 15) is 0 Å². The molecule has 0 amide bonds. The van der Waals surface area contributed by atoms with E-state index in [0.29, 0.717) is 5.95 Å². The van der Waals surface area contributed by atoms with Gasteiger partial charge in [0.2, 0.25) is 5.95 Å². The average Bonchev–Trinajstić information content (AvgIpc) is 2.79. The van der Waals surface area contributed by atoms with Crippen molar-refractivity contribution >= 4 is 5.95 Å². The highest BCUT2D eigenvalue weighted by Crippen LogP contribution is 2.09. The molecule has 0 spiro atoms. The first-order valence-electron chi connectivity index (χ1n) is 5.14. The number of anilines is 1. The highest BCUT2D eigenvalue weighted by molar-refractivity contribution is 5.38. The number of aromatic nitrogens is 4. The molecule has 0 aliphatic rings. The molecule has 1 heterocycles. The van der Waals surface area contributed by atoms with Gasteiger partial charge in [-0.25, -0.2) is 0 Å². The standard InChI is InChI=1S/C10H14N6/c1-11-7-8-12-10-13-14-15-16(10)9-5-3-2-4-6-9/h2-6,11H,7-8H2,1H3,(H,12,13,15). The quantitative estimate of drug-likeness (QED) is 0.706. The second-order valence-corrected chi connectivity index (χ2v) is 3.28. The predicted molar refractivity (Wildman–Crippen MR) is 61.6 cm³/mol. The van der Waals surface area contributed by atoms with Gasteiger partial charge in [-0.1, -0.05) is 23.3 Å². The number of hydrogen-bond donors (Lipinski definition) is 2. The van der Waals surface area contributed by atoms with Crippen molar-refractivity contribution in [1.29, 1.82) is 0 Å². The molecule has 0 aliphatic heterocycles. The van der Waals surface area contributed by atoms with Crippen molar-refractivity contribution in [3.8, 4) is 5.69 Å². The van der Waals surface area contributed by atoms with Crippen LogP contribution in [0.4, 0.5) is 5.95 Å². The summed E-state index contributed by atoms with van der Waals surface area (Å²) in [5, 5.41) is 17.7. The molecule has 0 radical (unpaired) electrons. The fourth-order valence-electron chi connectivity index (χ4n) is 1.34. The van der Waals surface area contributed by atoms with Gasteiger partial charge >= 0.3 is 0 Å². The smallest absolute Gasteiger partial charge is 0.247 e. The van der Waals surface area contributed by atoms with Gasteiger partial charge in [0.1, 0.15) is 0 Å². The first-order chi connectivity index (χ1) is 7.92. The molecule has 0 saturated heterocycles. The molecule has 6 heteroatoms. The van der Waals surface area contributed by atoms with E-state index in [0.717, 1.165) is 18.8 Å². The lowest BCUT2D eigenvalue weighted by Crippen LogP contribution is -2.19. The molecule has 1 aromatic heterocycles. The lowest BCUT2D eigenvalue weighted by atomic mass is 10.3.